The number of hydrogen-bond donors (Lipinski definition) is 1. The molecule has 1 N–H and O–H groups in total. The van der Waals surface area contributed by atoms with Gasteiger partial charge in [0.05, 0.1) is 6.61 Å². The zero-order valence-electron chi connectivity index (χ0n) is 12.8. The van der Waals surface area contributed by atoms with Crippen LogP contribution in [-0.4, -0.2) is 17.1 Å². The first-order valence-corrected chi connectivity index (χ1v) is 6.79. The van der Waals surface area contributed by atoms with Gasteiger partial charge in [0, 0.05) is 23.3 Å². The normalized spacial score (nSPS) is 11.4. The van der Waals surface area contributed by atoms with Gasteiger partial charge in [0.25, 0.3) is 0 Å². The van der Waals surface area contributed by atoms with E-state index in [1.54, 1.807) is 0 Å². The molecule has 0 radical (unpaired) electrons. The van der Waals surface area contributed by atoms with Crippen molar-refractivity contribution in [2.45, 2.75) is 53.1 Å². The summed E-state index contributed by atoms with van der Waals surface area (Å²) in [6, 6.07) is 2.10. The first-order valence-electron chi connectivity index (χ1n) is 6.79. The molecule has 106 valence electrons. The van der Waals surface area contributed by atoms with Crippen molar-refractivity contribution in [1.29, 1.82) is 0 Å². The number of pyridine rings is 1. The summed E-state index contributed by atoms with van der Waals surface area (Å²) in [5, 5.41) is 3.49. The number of aromatic nitrogens is 1. The second-order valence-corrected chi connectivity index (χ2v) is 5.89. The van der Waals surface area contributed by atoms with Crippen LogP contribution in [0.25, 0.3) is 0 Å². The summed E-state index contributed by atoms with van der Waals surface area (Å²) >= 11 is 0. The van der Waals surface area contributed by atoms with E-state index in [0.717, 1.165) is 30.1 Å². The molecule has 0 amide bonds. The van der Waals surface area contributed by atoms with Crippen LogP contribution in [0.5, 0.6) is 5.88 Å². The summed E-state index contributed by atoms with van der Waals surface area (Å²) in [7, 11) is 0. The van der Waals surface area contributed by atoms with Gasteiger partial charge >= 0.3 is 0 Å². The number of nitrogens with zero attached hydrogens (tertiary/aromatic N) is 1. The number of rotatable bonds is 6. The van der Waals surface area contributed by atoms with Gasteiger partial charge in [-0.25, -0.2) is 4.98 Å². The topological polar surface area (TPSA) is 34.1 Å². The van der Waals surface area contributed by atoms with Crippen LogP contribution in [0.3, 0.4) is 0 Å². The highest BCUT2D eigenvalue weighted by Gasteiger charge is 2.14. The van der Waals surface area contributed by atoms with Gasteiger partial charge in [-0.05, 0) is 52.7 Å². The molecule has 0 bridgehead atoms. The lowest BCUT2D eigenvalue weighted by Crippen LogP contribution is -2.35. The zero-order valence-corrected chi connectivity index (χ0v) is 12.8. The average molecular weight is 262 g/mol. The molecule has 3 heteroatoms. The van der Waals surface area contributed by atoms with Crippen molar-refractivity contribution < 1.29 is 4.74 Å². The maximum absolute atomic E-state index is 5.78. The van der Waals surface area contributed by atoms with E-state index < -0.39 is 0 Å². The molecular weight excluding hydrogens is 236 g/mol. The quantitative estimate of drug-likeness (QED) is 0.629. The minimum atomic E-state index is 0.0791. The van der Waals surface area contributed by atoms with Crippen molar-refractivity contribution in [1.82, 2.24) is 10.3 Å². The average Bonchev–Trinajstić information content (AvgIpc) is 2.26. The smallest absolute Gasteiger partial charge is 0.218 e. The van der Waals surface area contributed by atoms with Crippen molar-refractivity contribution in [2.75, 3.05) is 6.61 Å². The highest BCUT2D eigenvalue weighted by molar-refractivity contribution is 5.36. The predicted octanol–water partition coefficient (Wildman–Crippen LogP) is 3.54. The Morgan fingerprint density at radius 3 is 2.63 bits per heavy atom. The fourth-order valence-electron chi connectivity index (χ4n) is 1.76. The first kappa shape index (κ1) is 15.7. The lowest BCUT2D eigenvalue weighted by molar-refractivity contribution is 0.304. The number of ether oxygens (including phenoxy) is 1. The molecule has 3 nitrogen and oxygen atoms in total. The van der Waals surface area contributed by atoms with E-state index in [9.17, 15) is 0 Å². The van der Waals surface area contributed by atoms with Crippen LogP contribution in [0.2, 0.25) is 0 Å². The minimum absolute atomic E-state index is 0.0791. The maximum atomic E-state index is 5.78. The van der Waals surface area contributed by atoms with Crippen LogP contribution in [-0.2, 0) is 6.54 Å². The van der Waals surface area contributed by atoms with Crippen LogP contribution >= 0.6 is 0 Å². The van der Waals surface area contributed by atoms with Crippen LogP contribution in [0, 0.1) is 13.8 Å². The lowest BCUT2D eigenvalue weighted by Gasteiger charge is -2.22. The molecule has 0 atom stereocenters. The van der Waals surface area contributed by atoms with Crippen molar-refractivity contribution in [3.05, 3.63) is 35.5 Å². The molecule has 1 rings (SSSR count). The predicted molar refractivity (Wildman–Crippen MR) is 80.6 cm³/mol. The highest BCUT2D eigenvalue weighted by atomic mass is 16.5. The summed E-state index contributed by atoms with van der Waals surface area (Å²) < 4.78 is 5.78. The number of nitrogens with one attached hydrogen (secondary N) is 1. The molecule has 0 aliphatic heterocycles. The molecule has 1 aromatic heterocycles. The van der Waals surface area contributed by atoms with Crippen molar-refractivity contribution >= 4 is 0 Å². The Labute approximate surface area is 117 Å². The Morgan fingerprint density at radius 2 is 2.05 bits per heavy atom. The fourth-order valence-corrected chi connectivity index (χ4v) is 1.76. The van der Waals surface area contributed by atoms with E-state index in [-0.39, 0.29) is 5.54 Å². The second kappa shape index (κ2) is 6.71. The maximum Gasteiger partial charge on any atom is 0.218 e. The van der Waals surface area contributed by atoms with Gasteiger partial charge in [0.2, 0.25) is 5.88 Å². The van der Waals surface area contributed by atoms with Crippen molar-refractivity contribution in [3.8, 4) is 5.88 Å². The van der Waals surface area contributed by atoms with Crippen LogP contribution in [0.1, 0.15) is 44.0 Å². The summed E-state index contributed by atoms with van der Waals surface area (Å²) in [5.74, 6) is 0.746. The Hall–Kier alpha value is -1.35. The molecule has 1 heterocycles. The monoisotopic (exact) mass is 262 g/mol. The molecule has 0 aliphatic carbocycles. The third kappa shape index (κ3) is 5.43. The number of aryl methyl sites for hydroxylation is 2. The van der Waals surface area contributed by atoms with Crippen LogP contribution in [0.4, 0.5) is 0 Å². The zero-order chi connectivity index (χ0) is 14.5. The first-order chi connectivity index (χ1) is 8.83. The van der Waals surface area contributed by atoms with E-state index in [0.29, 0.717) is 6.61 Å². The number of hydrogen-bond acceptors (Lipinski definition) is 3. The molecule has 0 aliphatic rings. The minimum Gasteiger partial charge on any atom is -0.477 e. The van der Waals surface area contributed by atoms with Gasteiger partial charge in [-0.15, -0.1) is 6.58 Å². The molecule has 1 aromatic rings. The van der Waals surface area contributed by atoms with E-state index >= 15 is 0 Å². The second-order valence-electron chi connectivity index (χ2n) is 5.89. The molecule has 0 saturated carbocycles. The van der Waals surface area contributed by atoms with E-state index in [2.05, 4.69) is 50.6 Å². The van der Waals surface area contributed by atoms with Gasteiger partial charge in [-0.2, -0.15) is 0 Å². The summed E-state index contributed by atoms with van der Waals surface area (Å²) in [6.45, 7) is 15.7. The molecule has 0 spiro atoms. The van der Waals surface area contributed by atoms with Crippen molar-refractivity contribution in [2.24, 2.45) is 0 Å². The third-order valence-electron chi connectivity index (χ3n) is 2.79. The molecule has 19 heavy (non-hydrogen) atoms. The highest BCUT2D eigenvalue weighted by Crippen LogP contribution is 2.22. The molecule has 0 fully saturated rings. The Morgan fingerprint density at radius 1 is 1.37 bits per heavy atom. The van der Waals surface area contributed by atoms with Gasteiger partial charge in [0.15, 0.2) is 0 Å². The van der Waals surface area contributed by atoms with Crippen molar-refractivity contribution in [3.63, 3.8) is 0 Å². The van der Waals surface area contributed by atoms with Gasteiger partial charge in [0.1, 0.15) is 0 Å². The van der Waals surface area contributed by atoms with Gasteiger partial charge in [-0.3, -0.25) is 0 Å². The molecular formula is C16H26N2O. The molecule has 0 saturated heterocycles. The Kier molecular flexibility index (Phi) is 5.55. The van der Waals surface area contributed by atoms with Gasteiger partial charge < -0.3 is 10.1 Å². The van der Waals surface area contributed by atoms with Crippen LogP contribution in [0.15, 0.2) is 18.7 Å². The Balaban J connectivity index is 2.89. The standard InChI is InChI=1S/C16H26N2O/c1-7-8-9-19-15-14(11-17-16(4,5)6)12(2)10-13(3)18-15/h7,10,17H,1,8-9,11H2,2-6H3. The summed E-state index contributed by atoms with van der Waals surface area (Å²) in [4.78, 5) is 4.51. The third-order valence-corrected chi connectivity index (χ3v) is 2.79. The SMILES string of the molecule is C=CCCOc1nc(C)cc(C)c1CNC(C)(C)C. The summed E-state index contributed by atoms with van der Waals surface area (Å²) in [5.41, 5.74) is 3.43. The van der Waals surface area contributed by atoms with Crippen LogP contribution < -0.4 is 10.1 Å². The Bertz CT molecular complexity index is 433. The lowest BCUT2D eigenvalue weighted by atomic mass is 10.1. The molecule has 0 unspecified atom stereocenters. The van der Waals surface area contributed by atoms with E-state index in [1.807, 2.05) is 13.0 Å². The van der Waals surface area contributed by atoms with E-state index in [1.165, 1.54) is 5.56 Å². The van der Waals surface area contributed by atoms with E-state index in [4.69, 9.17) is 4.74 Å². The van der Waals surface area contributed by atoms with Gasteiger partial charge in [-0.1, -0.05) is 6.08 Å². The largest absolute Gasteiger partial charge is 0.477 e. The molecule has 0 aromatic carbocycles. The summed E-state index contributed by atoms with van der Waals surface area (Å²) in [6.07, 6.45) is 2.69. The fraction of sp³-hybridized carbons (Fsp3) is 0.562.